The van der Waals surface area contributed by atoms with Gasteiger partial charge in [0.15, 0.2) is 6.10 Å². The fraction of sp³-hybridized carbons (Fsp3) is 0.238. The highest BCUT2D eigenvalue weighted by molar-refractivity contribution is 6.33. The van der Waals surface area contributed by atoms with Gasteiger partial charge in [-0.1, -0.05) is 23.7 Å². The van der Waals surface area contributed by atoms with Crippen molar-refractivity contribution < 1.29 is 28.3 Å². The number of hydrogen-bond donors (Lipinski definition) is 2. The Hall–Kier alpha value is -2.97. The zero-order valence-corrected chi connectivity index (χ0v) is 17.7. The van der Waals surface area contributed by atoms with Gasteiger partial charge in [-0.05, 0) is 36.4 Å². The van der Waals surface area contributed by atoms with Crippen molar-refractivity contribution in [3.8, 4) is 0 Å². The average Bonchev–Trinajstić information content (AvgIpc) is 2.76. The van der Waals surface area contributed by atoms with Crippen LogP contribution in [0.15, 0.2) is 48.5 Å². The van der Waals surface area contributed by atoms with E-state index in [1.54, 1.807) is 12.1 Å². The number of halogens is 3. The lowest BCUT2D eigenvalue weighted by Gasteiger charge is -2.16. The zero-order chi connectivity index (χ0) is 22.8. The molecule has 0 aliphatic heterocycles. The van der Waals surface area contributed by atoms with E-state index in [9.17, 15) is 23.6 Å². The molecule has 7 nitrogen and oxygen atoms in total. The molecule has 2 amide bonds. The molecule has 2 rings (SSSR count). The number of amides is 2. The van der Waals surface area contributed by atoms with Gasteiger partial charge in [0.1, 0.15) is 5.82 Å². The van der Waals surface area contributed by atoms with Crippen molar-refractivity contribution in [2.24, 2.45) is 0 Å². The highest BCUT2D eigenvalue weighted by Crippen LogP contribution is 2.15. The molecule has 0 spiro atoms. The van der Waals surface area contributed by atoms with Crippen molar-refractivity contribution in [2.75, 3.05) is 5.88 Å². The zero-order valence-electron chi connectivity index (χ0n) is 16.2. The van der Waals surface area contributed by atoms with Crippen molar-refractivity contribution in [3.05, 3.63) is 70.5 Å². The van der Waals surface area contributed by atoms with Crippen LogP contribution in [-0.4, -0.2) is 35.6 Å². The number of carbonyl (C=O) groups excluding carboxylic acids is 4. The Morgan fingerprint density at radius 2 is 1.65 bits per heavy atom. The van der Waals surface area contributed by atoms with Gasteiger partial charge in [0, 0.05) is 24.3 Å². The van der Waals surface area contributed by atoms with E-state index in [4.69, 9.17) is 27.9 Å². The molecule has 2 aromatic rings. The van der Waals surface area contributed by atoms with Crippen LogP contribution in [0.3, 0.4) is 0 Å². The maximum absolute atomic E-state index is 13.0. The van der Waals surface area contributed by atoms with Gasteiger partial charge in [0.05, 0.1) is 17.0 Å². The minimum absolute atomic E-state index is 0.0550. The van der Waals surface area contributed by atoms with Crippen molar-refractivity contribution in [2.45, 2.75) is 25.4 Å². The van der Waals surface area contributed by atoms with Gasteiger partial charge in [-0.2, -0.15) is 0 Å². The summed E-state index contributed by atoms with van der Waals surface area (Å²) in [6.45, 7) is 0. The predicted octanol–water partition coefficient (Wildman–Crippen LogP) is 3.44. The van der Waals surface area contributed by atoms with Crippen molar-refractivity contribution in [3.63, 3.8) is 0 Å². The van der Waals surface area contributed by atoms with Crippen LogP contribution < -0.4 is 10.9 Å². The summed E-state index contributed by atoms with van der Waals surface area (Å²) in [5.41, 5.74) is 4.70. The monoisotopic (exact) mass is 468 g/mol. The number of Topliss-reactive ketones (excluding diaryl/α,β-unsaturated/α-hetero) is 1. The van der Waals surface area contributed by atoms with Crippen LogP contribution in [0.1, 0.15) is 40.0 Å². The molecule has 0 bridgehead atoms. The van der Waals surface area contributed by atoms with Crippen LogP contribution in [0.25, 0.3) is 0 Å². The van der Waals surface area contributed by atoms with Crippen molar-refractivity contribution >= 4 is 46.8 Å². The molecule has 31 heavy (non-hydrogen) atoms. The van der Waals surface area contributed by atoms with Crippen LogP contribution in [0.5, 0.6) is 0 Å². The fourth-order valence-corrected chi connectivity index (χ4v) is 2.90. The van der Waals surface area contributed by atoms with Crippen LogP contribution in [-0.2, 0) is 14.3 Å². The number of ether oxygens (including phenoxy) is 1. The third-order valence-corrected chi connectivity index (χ3v) is 4.60. The Balaban J connectivity index is 1.82. The number of carbonyl (C=O) groups is 4. The third-order valence-electron chi connectivity index (χ3n) is 4.06. The number of ketones is 1. The molecule has 2 N–H and O–H groups in total. The second-order valence-electron chi connectivity index (χ2n) is 6.31. The first-order valence-corrected chi connectivity index (χ1v) is 10.1. The number of rotatable bonds is 9. The fourth-order valence-electron chi connectivity index (χ4n) is 2.48. The molecule has 0 aliphatic carbocycles. The number of hydrazine groups is 1. The summed E-state index contributed by atoms with van der Waals surface area (Å²) in [6.07, 6.45) is -1.72. The van der Waals surface area contributed by atoms with Crippen molar-refractivity contribution in [1.29, 1.82) is 0 Å². The number of esters is 1. The second-order valence-corrected chi connectivity index (χ2v) is 7.09. The lowest BCUT2D eigenvalue weighted by Crippen LogP contribution is -2.41. The summed E-state index contributed by atoms with van der Waals surface area (Å²) >= 11 is 11.6. The molecule has 0 saturated carbocycles. The molecule has 0 heterocycles. The molecular formula is C21H19Cl2FN2O5. The second kappa shape index (κ2) is 12.0. The van der Waals surface area contributed by atoms with E-state index in [0.717, 1.165) is 12.1 Å². The first-order valence-electron chi connectivity index (χ1n) is 9.20. The molecular weight excluding hydrogens is 450 g/mol. The molecule has 1 atom stereocenters. The summed E-state index contributed by atoms with van der Waals surface area (Å²) < 4.78 is 18.2. The van der Waals surface area contributed by atoms with Gasteiger partial charge in [-0.25, -0.2) is 4.39 Å². The molecule has 0 fully saturated rings. The summed E-state index contributed by atoms with van der Waals surface area (Å²) in [7, 11) is 0. The van der Waals surface area contributed by atoms with E-state index in [1.165, 1.54) is 24.3 Å². The third kappa shape index (κ3) is 7.66. The highest BCUT2D eigenvalue weighted by atomic mass is 35.5. The predicted molar refractivity (Wildman–Crippen MR) is 112 cm³/mol. The molecule has 10 heteroatoms. The van der Waals surface area contributed by atoms with E-state index in [1.807, 2.05) is 0 Å². The lowest BCUT2D eigenvalue weighted by molar-refractivity contribution is -0.148. The molecule has 0 radical (unpaired) electrons. The van der Waals surface area contributed by atoms with Gasteiger partial charge in [-0.3, -0.25) is 30.0 Å². The summed E-state index contributed by atoms with van der Waals surface area (Å²) in [4.78, 5) is 48.4. The Bertz CT molecular complexity index is 953. The first kappa shape index (κ1) is 24.3. The van der Waals surface area contributed by atoms with E-state index < -0.39 is 35.5 Å². The van der Waals surface area contributed by atoms with Crippen LogP contribution >= 0.6 is 23.2 Å². The molecule has 0 aliphatic rings. The largest absolute Gasteiger partial charge is 0.454 e. The SMILES string of the molecule is O=C(CCC(=O)OC(CCCl)C(=O)c1ccc(F)cc1)NNC(=O)c1ccccc1Cl. The minimum Gasteiger partial charge on any atom is -0.454 e. The lowest BCUT2D eigenvalue weighted by atomic mass is 10.0. The number of alkyl halides is 1. The maximum atomic E-state index is 13.0. The van der Waals surface area contributed by atoms with Gasteiger partial charge >= 0.3 is 5.97 Å². The van der Waals surface area contributed by atoms with Crippen LogP contribution in [0.2, 0.25) is 5.02 Å². The summed E-state index contributed by atoms with van der Waals surface area (Å²) in [6, 6.07) is 11.1. The minimum atomic E-state index is -1.15. The van der Waals surface area contributed by atoms with E-state index in [-0.39, 0.29) is 41.3 Å². The van der Waals surface area contributed by atoms with Crippen molar-refractivity contribution in [1.82, 2.24) is 10.9 Å². The number of nitrogens with one attached hydrogen (secondary N) is 2. The first-order chi connectivity index (χ1) is 14.8. The van der Waals surface area contributed by atoms with E-state index >= 15 is 0 Å². The quantitative estimate of drug-likeness (QED) is 0.254. The molecule has 164 valence electrons. The number of benzene rings is 2. The van der Waals surface area contributed by atoms with Crippen LogP contribution in [0.4, 0.5) is 4.39 Å². The van der Waals surface area contributed by atoms with E-state index in [2.05, 4.69) is 10.9 Å². The molecule has 2 aromatic carbocycles. The maximum Gasteiger partial charge on any atom is 0.307 e. The molecule has 0 aromatic heterocycles. The van der Waals surface area contributed by atoms with Gasteiger partial charge in [-0.15, -0.1) is 11.6 Å². The van der Waals surface area contributed by atoms with E-state index in [0.29, 0.717) is 0 Å². The van der Waals surface area contributed by atoms with Gasteiger partial charge in [0.25, 0.3) is 5.91 Å². The average molecular weight is 469 g/mol. The standard InChI is InChI=1S/C21H19Cl2FN2O5/c22-12-11-17(20(29)13-5-7-14(24)8-6-13)31-19(28)10-9-18(27)25-26-21(30)15-3-1-2-4-16(15)23/h1-8,17H,9-12H2,(H,25,27)(H,26,30). The Morgan fingerprint density at radius 1 is 0.968 bits per heavy atom. The number of hydrogen-bond acceptors (Lipinski definition) is 5. The molecule has 0 saturated heterocycles. The van der Waals surface area contributed by atoms with Crippen LogP contribution in [0, 0.1) is 5.82 Å². The smallest absolute Gasteiger partial charge is 0.307 e. The Morgan fingerprint density at radius 3 is 2.29 bits per heavy atom. The van der Waals surface area contributed by atoms with Gasteiger partial charge < -0.3 is 4.74 Å². The Labute approximate surface area is 187 Å². The Kier molecular flexibility index (Phi) is 9.42. The topological polar surface area (TPSA) is 102 Å². The van der Waals surface area contributed by atoms with Gasteiger partial charge in [0.2, 0.25) is 11.7 Å². The normalized spacial score (nSPS) is 11.3. The summed E-state index contributed by atoms with van der Waals surface area (Å²) in [5.74, 6) is -3.03. The summed E-state index contributed by atoms with van der Waals surface area (Å²) in [5, 5.41) is 0.217. The molecule has 1 unspecified atom stereocenters. The highest BCUT2D eigenvalue weighted by Gasteiger charge is 2.24.